The Balaban J connectivity index is 1.76. The van der Waals surface area contributed by atoms with Crippen molar-refractivity contribution in [3.63, 3.8) is 0 Å². The third-order valence-electron chi connectivity index (χ3n) is 5.87. The number of hydrogen-bond donors (Lipinski definition) is 2. The van der Waals surface area contributed by atoms with Gasteiger partial charge in [-0.25, -0.2) is 4.52 Å². The largest absolute Gasteiger partial charge is 0.338 e. The van der Waals surface area contributed by atoms with Crippen molar-refractivity contribution < 1.29 is 4.79 Å². The molecule has 0 radical (unpaired) electrons. The van der Waals surface area contributed by atoms with E-state index in [-0.39, 0.29) is 11.5 Å². The fraction of sp³-hybridized carbons (Fsp3) is 0.632. The third kappa shape index (κ3) is 3.05. The van der Waals surface area contributed by atoms with E-state index in [0.717, 1.165) is 57.6 Å². The number of H-pyrrole nitrogens is 1. The first kappa shape index (κ1) is 17.3. The number of carbonyl (C=O) groups excluding carboxylic acids is 1. The Morgan fingerprint density at radius 3 is 2.58 bits per heavy atom. The Hall–Kier alpha value is -2.15. The highest BCUT2D eigenvalue weighted by atomic mass is 16.2. The highest BCUT2D eigenvalue weighted by molar-refractivity contribution is 6.01. The first-order chi connectivity index (χ1) is 12.5. The lowest BCUT2D eigenvalue weighted by Crippen LogP contribution is -2.38. The van der Waals surface area contributed by atoms with Crippen LogP contribution >= 0.6 is 0 Å². The normalized spacial score (nSPS) is 20.0. The Kier molecular flexibility index (Phi) is 4.56. The minimum atomic E-state index is -0.160. The van der Waals surface area contributed by atoms with Crippen molar-refractivity contribution >= 4 is 11.6 Å². The van der Waals surface area contributed by atoms with Gasteiger partial charge in [0, 0.05) is 25.1 Å². The fourth-order valence-corrected chi connectivity index (χ4v) is 4.21. The predicted molar refractivity (Wildman–Crippen MR) is 99.7 cm³/mol. The standard InChI is InChI=1S/C19H27N5O2/c1-12-5-9-23(10-6-12)19(26)17-13(2)22-24-15(11-16(25)21-18(17)24)14-3-7-20-8-4-14/h11-12,14,20H,3-10H2,1-2H3,(H,21,25). The van der Waals surface area contributed by atoms with Gasteiger partial charge in [0.05, 0.1) is 11.4 Å². The number of amides is 1. The third-order valence-corrected chi connectivity index (χ3v) is 5.87. The zero-order chi connectivity index (χ0) is 18.3. The lowest BCUT2D eigenvalue weighted by atomic mass is 9.94. The number of aromatic nitrogens is 3. The number of aryl methyl sites for hydroxylation is 1. The summed E-state index contributed by atoms with van der Waals surface area (Å²) in [5.74, 6) is 0.942. The summed E-state index contributed by atoms with van der Waals surface area (Å²) in [5.41, 5.74) is 2.54. The van der Waals surface area contributed by atoms with Crippen molar-refractivity contribution in [2.75, 3.05) is 26.2 Å². The van der Waals surface area contributed by atoms with Crippen molar-refractivity contribution in [2.45, 2.75) is 45.4 Å². The SMILES string of the molecule is Cc1nn2c(C3CCNCC3)cc(=O)[nH]c2c1C(=O)N1CCC(C)CC1. The number of likely N-dealkylation sites (tertiary alicyclic amines) is 1. The van der Waals surface area contributed by atoms with E-state index in [0.29, 0.717) is 28.7 Å². The van der Waals surface area contributed by atoms with Crippen LogP contribution in [0.4, 0.5) is 0 Å². The molecule has 7 nitrogen and oxygen atoms in total. The van der Waals surface area contributed by atoms with Gasteiger partial charge in [-0.2, -0.15) is 5.10 Å². The number of fused-ring (bicyclic) bond motifs is 1. The number of rotatable bonds is 2. The van der Waals surface area contributed by atoms with E-state index in [9.17, 15) is 9.59 Å². The van der Waals surface area contributed by atoms with Gasteiger partial charge >= 0.3 is 0 Å². The van der Waals surface area contributed by atoms with Crippen molar-refractivity contribution in [1.82, 2.24) is 24.8 Å². The zero-order valence-corrected chi connectivity index (χ0v) is 15.5. The smallest absolute Gasteiger partial charge is 0.259 e. The minimum absolute atomic E-state index is 0.0116. The number of piperidine rings is 2. The monoisotopic (exact) mass is 357 g/mol. The minimum Gasteiger partial charge on any atom is -0.338 e. The van der Waals surface area contributed by atoms with Gasteiger partial charge in [-0.3, -0.25) is 9.59 Å². The summed E-state index contributed by atoms with van der Waals surface area (Å²) in [5, 5.41) is 7.99. The molecule has 4 rings (SSSR count). The molecule has 0 aromatic carbocycles. The second-order valence-corrected chi connectivity index (χ2v) is 7.78. The molecule has 0 aliphatic carbocycles. The van der Waals surface area contributed by atoms with Crippen molar-refractivity contribution in [3.8, 4) is 0 Å². The number of nitrogens with zero attached hydrogens (tertiary/aromatic N) is 3. The van der Waals surface area contributed by atoms with E-state index >= 15 is 0 Å². The molecular formula is C19H27N5O2. The molecule has 140 valence electrons. The topological polar surface area (TPSA) is 82.5 Å². The maximum Gasteiger partial charge on any atom is 0.259 e. The number of nitrogens with one attached hydrogen (secondary N) is 2. The molecule has 1 amide bonds. The van der Waals surface area contributed by atoms with Crippen LogP contribution in [-0.2, 0) is 0 Å². The van der Waals surface area contributed by atoms with E-state index in [1.54, 1.807) is 10.6 Å². The highest BCUT2D eigenvalue weighted by Crippen LogP contribution is 2.27. The molecule has 2 fully saturated rings. The highest BCUT2D eigenvalue weighted by Gasteiger charge is 2.28. The van der Waals surface area contributed by atoms with Crippen LogP contribution < -0.4 is 10.9 Å². The molecule has 26 heavy (non-hydrogen) atoms. The van der Waals surface area contributed by atoms with Gasteiger partial charge in [-0.15, -0.1) is 0 Å². The van der Waals surface area contributed by atoms with Crippen LogP contribution in [0.25, 0.3) is 5.65 Å². The average molecular weight is 357 g/mol. The van der Waals surface area contributed by atoms with Gasteiger partial charge in [0.25, 0.3) is 11.5 Å². The second kappa shape index (κ2) is 6.87. The average Bonchev–Trinajstić information content (AvgIpc) is 2.97. The van der Waals surface area contributed by atoms with Crippen molar-refractivity contribution in [1.29, 1.82) is 0 Å². The van der Waals surface area contributed by atoms with Crippen LogP contribution in [0.3, 0.4) is 0 Å². The van der Waals surface area contributed by atoms with Crippen LogP contribution in [-0.4, -0.2) is 51.6 Å². The van der Waals surface area contributed by atoms with Crippen LogP contribution in [0, 0.1) is 12.8 Å². The summed E-state index contributed by atoms with van der Waals surface area (Å²) in [4.78, 5) is 30.2. The summed E-state index contributed by atoms with van der Waals surface area (Å²) < 4.78 is 1.80. The molecule has 4 heterocycles. The van der Waals surface area contributed by atoms with E-state index in [4.69, 9.17) is 0 Å². The molecule has 2 aliphatic rings. The van der Waals surface area contributed by atoms with E-state index < -0.39 is 0 Å². The van der Waals surface area contributed by atoms with Crippen LogP contribution in [0.5, 0.6) is 0 Å². The maximum atomic E-state index is 13.1. The number of hydrogen-bond acceptors (Lipinski definition) is 4. The summed E-state index contributed by atoms with van der Waals surface area (Å²) in [6.07, 6.45) is 4.01. The van der Waals surface area contributed by atoms with Gasteiger partial charge in [-0.1, -0.05) is 6.92 Å². The summed E-state index contributed by atoms with van der Waals surface area (Å²) in [6, 6.07) is 1.65. The molecular weight excluding hydrogens is 330 g/mol. The van der Waals surface area contributed by atoms with Gasteiger partial charge in [0.15, 0.2) is 0 Å². The molecule has 0 atom stereocenters. The maximum absolute atomic E-state index is 13.1. The molecule has 2 aromatic rings. The molecule has 2 aromatic heterocycles. The van der Waals surface area contributed by atoms with Crippen LogP contribution in [0.1, 0.15) is 60.3 Å². The summed E-state index contributed by atoms with van der Waals surface area (Å²) in [6.45, 7) is 7.51. The molecule has 2 N–H and O–H groups in total. The van der Waals surface area contributed by atoms with E-state index in [2.05, 4.69) is 22.3 Å². The van der Waals surface area contributed by atoms with Crippen molar-refractivity contribution in [2.24, 2.45) is 5.92 Å². The fourth-order valence-electron chi connectivity index (χ4n) is 4.21. The lowest BCUT2D eigenvalue weighted by molar-refractivity contribution is 0.0698. The Morgan fingerprint density at radius 2 is 1.88 bits per heavy atom. The van der Waals surface area contributed by atoms with E-state index in [1.807, 2.05) is 11.8 Å². The first-order valence-corrected chi connectivity index (χ1v) is 9.67. The molecule has 0 unspecified atom stereocenters. The van der Waals surface area contributed by atoms with Crippen molar-refractivity contribution in [3.05, 3.63) is 33.4 Å². The number of aromatic amines is 1. The van der Waals surface area contributed by atoms with Gasteiger partial charge in [0.1, 0.15) is 11.2 Å². The number of carbonyl (C=O) groups is 1. The Bertz CT molecular complexity index is 870. The Labute approximate surface area is 152 Å². The van der Waals surface area contributed by atoms with Gasteiger partial charge in [-0.05, 0) is 51.6 Å². The van der Waals surface area contributed by atoms with Crippen LogP contribution in [0.15, 0.2) is 10.9 Å². The molecule has 7 heteroatoms. The molecule has 0 saturated carbocycles. The lowest BCUT2D eigenvalue weighted by Gasteiger charge is -2.30. The van der Waals surface area contributed by atoms with E-state index in [1.165, 1.54) is 0 Å². The predicted octanol–water partition coefficient (Wildman–Crippen LogP) is 1.67. The molecule has 0 bridgehead atoms. The molecule has 0 spiro atoms. The van der Waals surface area contributed by atoms with Gasteiger partial charge < -0.3 is 15.2 Å². The van der Waals surface area contributed by atoms with Crippen LogP contribution in [0.2, 0.25) is 0 Å². The molecule has 2 aliphatic heterocycles. The quantitative estimate of drug-likeness (QED) is 0.856. The zero-order valence-electron chi connectivity index (χ0n) is 15.5. The summed E-state index contributed by atoms with van der Waals surface area (Å²) >= 11 is 0. The Morgan fingerprint density at radius 1 is 1.19 bits per heavy atom. The van der Waals surface area contributed by atoms with Gasteiger partial charge in [0.2, 0.25) is 0 Å². The first-order valence-electron chi connectivity index (χ1n) is 9.67. The molecule has 2 saturated heterocycles. The second-order valence-electron chi connectivity index (χ2n) is 7.78. The summed E-state index contributed by atoms with van der Waals surface area (Å²) in [7, 11) is 0.